The van der Waals surface area contributed by atoms with Gasteiger partial charge in [0.1, 0.15) is 5.75 Å². The molecule has 0 unspecified atom stereocenters. The van der Waals surface area contributed by atoms with Crippen LogP contribution in [0.1, 0.15) is 11.1 Å². The molecule has 2 aromatic rings. The van der Waals surface area contributed by atoms with E-state index in [0.29, 0.717) is 5.02 Å². The zero-order valence-electron chi connectivity index (χ0n) is 12.9. The van der Waals surface area contributed by atoms with Crippen LogP contribution in [0.3, 0.4) is 0 Å². The highest BCUT2D eigenvalue weighted by Gasteiger charge is 2.14. The molecule has 6 heteroatoms. The van der Waals surface area contributed by atoms with Gasteiger partial charge in [-0.3, -0.25) is 0 Å². The van der Waals surface area contributed by atoms with Gasteiger partial charge >= 0.3 is 0 Å². The Morgan fingerprint density at radius 2 is 1.70 bits per heavy atom. The van der Waals surface area contributed by atoms with Crippen LogP contribution in [0.5, 0.6) is 5.75 Å². The van der Waals surface area contributed by atoms with Crippen molar-refractivity contribution in [1.29, 1.82) is 0 Å². The Labute approximate surface area is 142 Å². The summed E-state index contributed by atoms with van der Waals surface area (Å²) in [4.78, 5) is 0. The molecule has 23 heavy (non-hydrogen) atoms. The summed E-state index contributed by atoms with van der Waals surface area (Å²) in [5, 5.41) is 1.81. The van der Waals surface area contributed by atoms with E-state index in [0.717, 1.165) is 16.9 Å². The third kappa shape index (κ3) is 5.10. The minimum absolute atomic E-state index is 0.289. The number of ether oxygens (including phenoxy) is 1. The van der Waals surface area contributed by atoms with Crippen LogP contribution in [0.15, 0.2) is 53.9 Å². The lowest BCUT2D eigenvalue weighted by Crippen LogP contribution is -2.24. The summed E-state index contributed by atoms with van der Waals surface area (Å²) >= 11 is 5.80. The first-order valence-corrected chi connectivity index (χ1v) is 8.82. The smallest absolute Gasteiger partial charge is 0.236 e. The van der Waals surface area contributed by atoms with Gasteiger partial charge in [-0.05, 0) is 41.5 Å². The summed E-state index contributed by atoms with van der Waals surface area (Å²) < 4.78 is 31.0. The van der Waals surface area contributed by atoms with Gasteiger partial charge in [0.2, 0.25) is 10.0 Å². The van der Waals surface area contributed by atoms with Crippen molar-refractivity contribution in [1.82, 2.24) is 4.31 Å². The molecule has 0 radical (unpaired) electrons. The van der Waals surface area contributed by atoms with Gasteiger partial charge in [0, 0.05) is 24.0 Å². The largest absolute Gasteiger partial charge is 0.497 e. The zero-order valence-corrected chi connectivity index (χ0v) is 14.5. The van der Waals surface area contributed by atoms with Crippen LogP contribution in [0.4, 0.5) is 0 Å². The number of hydrogen-bond acceptors (Lipinski definition) is 3. The molecule has 2 aromatic carbocycles. The molecular weight excluding hydrogens is 334 g/mol. The molecule has 0 atom stereocenters. The van der Waals surface area contributed by atoms with Crippen LogP contribution in [-0.4, -0.2) is 26.9 Å². The maximum absolute atomic E-state index is 12.3. The number of benzene rings is 2. The molecule has 0 amide bonds. The Morgan fingerprint density at radius 1 is 1.09 bits per heavy atom. The molecule has 122 valence electrons. The van der Waals surface area contributed by atoms with Crippen molar-refractivity contribution in [3.8, 4) is 5.75 Å². The first kappa shape index (κ1) is 17.5. The van der Waals surface area contributed by atoms with E-state index >= 15 is 0 Å². The summed E-state index contributed by atoms with van der Waals surface area (Å²) in [6.07, 6.45) is 1.55. The van der Waals surface area contributed by atoms with Gasteiger partial charge in [-0.2, -0.15) is 4.31 Å². The monoisotopic (exact) mass is 351 g/mol. The lowest BCUT2D eigenvalue weighted by molar-refractivity contribution is 0.414. The molecular formula is C17H18ClNO3S. The third-order valence-corrected chi connectivity index (χ3v) is 5.03. The average Bonchev–Trinajstić information content (AvgIpc) is 2.55. The molecule has 0 fully saturated rings. The van der Waals surface area contributed by atoms with E-state index in [1.165, 1.54) is 9.71 Å². The molecule has 2 rings (SSSR count). The molecule has 0 spiro atoms. The van der Waals surface area contributed by atoms with Crippen molar-refractivity contribution < 1.29 is 13.2 Å². The van der Waals surface area contributed by atoms with E-state index < -0.39 is 10.0 Å². The Kier molecular flexibility index (Phi) is 5.82. The Hall–Kier alpha value is -1.82. The Balaban J connectivity index is 2.06. The first-order chi connectivity index (χ1) is 10.9. The van der Waals surface area contributed by atoms with Crippen LogP contribution >= 0.6 is 11.6 Å². The lowest BCUT2D eigenvalue weighted by atomic mass is 10.2. The molecule has 0 aromatic heterocycles. The van der Waals surface area contributed by atoms with Gasteiger partial charge < -0.3 is 4.74 Å². The van der Waals surface area contributed by atoms with Gasteiger partial charge in [0.25, 0.3) is 0 Å². The van der Waals surface area contributed by atoms with Gasteiger partial charge in [-0.15, -0.1) is 0 Å². The van der Waals surface area contributed by atoms with Crippen LogP contribution < -0.4 is 4.74 Å². The summed E-state index contributed by atoms with van der Waals surface area (Å²) in [5.41, 5.74) is 1.66. The minimum Gasteiger partial charge on any atom is -0.497 e. The number of methoxy groups -OCH3 is 1. The van der Waals surface area contributed by atoms with E-state index in [2.05, 4.69) is 0 Å². The predicted molar refractivity (Wildman–Crippen MR) is 93.9 cm³/mol. The van der Waals surface area contributed by atoms with Crippen molar-refractivity contribution >= 4 is 27.7 Å². The maximum Gasteiger partial charge on any atom is 0.236 e. The highest BCUT2D eigenvalue weighted by molar-refractivity contribution is 7.92. The molecule has 0 heterocycles. The predicted octanol–water partition coefficient (Wildman–Crippen LogP) is 3.78. The first-order valence-electron chi connectivity index (χ1n) is 6.93. The number of rotatable bonds is 6. The fourth-order valence-corrected chi connectivity index (χ4v) is 2.91. The fraction of sp³-hybridized carbons (Fsp3) is 0.176. The second-order valence-electron chi connectivity index (χ2n) is 5.00. The molecule has 0 aliphatic rings. The zero-order chi connectivity index (χ0) is 16.9. The van der Waals surface area contributed by atoms with Crippen LogP contribution in [0.25, 0.3) is 6.08 Å². The SMILES string of the molecule is COc1ccc(CN(C)S(=O)(=O)/C=C/c2ccc(Cl)cc2)cc1. The summed E-state index contributed by atoms with van der Waals surface area (Å²) in [6.45, 7) is 0.289. The third-order valence-electron chi connectivity index (χ3n) is 3.30. The molecule has 0 saturated carbocycles. The van der Waals surface area contributed by atoms with E-state index in [1.807, 2.05) is 12.1 Å². The normalized spacial score (nSPS) is 12.0. The Morgan fingerprint density at radius 3 is 2.26 bits per heavy atom. The van der Waals surface area contributed by atoms with Gasteiger partial charge in [-0.1, -0.05) is 35.9 Å². The quantitative estimate of drug-likeness (QED) is 0.795. The van der Waals surface area contributed by atoms with E-state index in [9.17, 15) is 8.42 Å². The molecule has 0 aliphatic heterocycles. The van der Waals surface area contributed by atoms with Crippen molar-refractivity contribution in [3.63, 3.8) is 0 Å². The van der Waals surface area contributed by atoms with Crippen LogP contribution in [-0.2, 0) is 16.6 Å². The number of nitrogens with zero attached hydrogens (tertiary/aromatic N) is 1. The van der Waals surface area contributed by atoms with E-state index in [1.54, 1.807) is 56.6 Å². The van der Waals surface area contributed by atoms with Crippen molar-refractivity contribution in [2.45, 2.75) is 6.54 Å². The second kappa shape index (κ2) is 7.64. The van der Waals surface area contributed by atoms with Gasteiger partial charge in [-0.25, -0.2) is 8.42 Å². The van der Waals surface area contributed by atoms with Crippen molar-refractivity contribution in [3.05, 3.63) is 70.1 Å². The number of halogens is 1. The lowest BCUT2D eigenvalue weighted by Gasteiger charge is -2.15. The van der Waals surface area contributed by atoms with Gasteiger partial charge in [0.15, 0.2) is 0 Å². The molecule has 4 nitrogen and oxygen atoms in total. The standard InChI is InChI=1S/C17H18ClNO3S/c1-19(13-15-5-9-17(22-2)10-6-15)23(20,21)12-11-14-3-7-16(18)8-4-14/h3-12H,13H2,1-2H3/b12-11+. The summed E-state index contributed by atoms with van der Waals surface area (Å²) in [7, 11) is -0.356. The number of hydrogen-bond donors (Lipinski definition) is 0. The van der Waals surface area contributed by atoms with Gasteiger partial charge in [0.05, 0.1) is 7.11 Å². The average molecular weight is 352 g/mol. The van der Waals surface area contributed by atoms with E-state index in [-0.39, 0.29) is 6.54 Å². The fourth-order valence-electron chi connectivity index (χ4n) is 1.92. The second-order valence-corrected chi connectivity index (χ2v) is 7.37. The summed E-state index contributed by atoms with van der Waals surface area (Å²) in [5.74, 6) is 0.738. The van der Waals surface area contributed by atoms with Crippen LogP contribution in [0, 0.1) is 0 Å². The summed E-state index contributed by atoms with van der Waals surface area (Å²) in [6, 6.07) is 14.2. The van der Waals surface area contributed by atoms with Crippen molar-refractivity contribution in [2.75, 3.05) is 14.2 Å². The minimum atomic E-state index is -3.49. The van der Waals surface area contributed by atoms with Crippen LogP contribution in [0.2, 0.25) is 5.02 Å². The maximum atomic E-state index is 12.3. The Bertz CT molecular complexity index is 768. The highest BCUT2D eigenvalue weighted by Crippen LogP contribution is 2.15. The molecule has 0 aliphatic carbocycles. The van der Waals surface area contributed by atoms with E-state index in [4.69, 9.17) is 16.3 Å². The highest BCUT2D eigenvalue weighted by atomic mass is 35.5. The molecule has 0 saturated heterocycles. The van der Waals surface area contributed by atoms with Crippen molar-refractivity contribution in [2.24, 2.45) is 0 Å². The topological polar surface area (TPSA) is 46.6 Å². The number of sulfonamides is 1. The molecule has 0 N–H and O–H groups in total. The molecule has 0 bridgehead atoms.